The van der Waals surface area contributed by atoms with Gasteiger partial charge < -0.3 is 16.0 Å². The van der Waals surface area contributed by atoms with Crippen LogP contribution in [0, 0.1) is 0 Å². The molecule has 0 aliphatic rings. The van der Waals surface area contributed by atoms with Crippen molar-refractivity contribution >= 4 is 24.2 Å². The zero-order valence-corrected chi connectivity index (χ0v) is 13.6. The first-order chi connectivity index (χ1) is 9.51. The van der Waals surface area contributed by atoms with Crippen LogP contribution in [0.15, 0.2) is 24.3 Å². The second-order valence-electron chi connectivity index (χ2n) is 4.84. The Morgan fingerprint density at radius 1 is 1.33 bits per heavy atom. The van der Waals surface area contributed by atoms with Crippen molar-refractivity contribution in [1.29, 1.82) is 0 Å². The molecule has 21 heavy (non-hydrogen) atoms. The van der Waals surface area contributed by atoms with Crippen LogP contribution < -0.4 is 11.1 Å². The molecule has 118 valence electrons. The van der Waals surface area contributed by atoms with Crippen LogP contribution in [0.5, 0.6) is 0 Å². The quantitative estimate of drug-likeness (QED) is 0.839. The van der Waals surface area contributed by atoms with E-state index in [0.717, 1.165) is 6.42 Å². The van der Waals surface area contributed by atoms with E-state index in [9.17, 15) is 9.59 Å². The molecule has 6 heteroatoms. The SMILES string of the molecule is CCCNC(=O)c1cccc(C(=O)N(C)C(C)CN)c1.Cl. The minimum Gasteiger partial charge on any atom is -0.352 e. The summed E-state index contributed by atoms with van der Waals surface area (Å²) in [6.07, 6.45) is 0.876. The van der Waals surface area contributed by atoms with Crippen molar-refractivity contribution in [3.05, 3.63) is 35.4 Å². The molecule has 3 N–H and O–H groups in total. The van der Waals surface area contributed by atoms with Gasteiger partial charge in [-0.1, -0.05) is 13.0 Å². The van der Waals surface area contributed by atoms with Crippen molar-refractivity contribution in [2.75, 3.05) is 20.1 Å². The summed E-state index contributed by atoms with van der Waals surface area (Å²) < 4.78 is 0. The summed E-state index contributed by atoms with van der Waals surface area (Å²) in [6.45, 7) is 4.90. The Balaban J connectivity index is 0.00000400. The van der Waals surface area contributed by atoms with Crippen molar-refractivity contribution in [2.45, 2.75) is 26.3 Å². The molecule has 1 unspecified atom stereocenters. The molecule has 0 aliphatic heterocycles. The van der Waals surface area contributed by atoms with Gasteiger partial charge in [-0.05, 0) is 31.5 Å². The number of hydrogen-bond donors (Lipinski definition) is 2. The molecule has 0 saturated carbocycles. The van der Waals surface area contributed by atoms with Crippen LogP contribution in [-0.2, 0) is 0 Å². The Hall–Kier alpha value is -1.59. The minimum atomic E-state index is -0.156. The van der Waals surface area contributed by atoms with E-state index in [4.69, 9.17) is 5.73 Å². The number of halogens is 1. The standard InChI is InChI=1S/C15H23N3O2.ClH/c1-4-8-17-14(19)12-6-5-7-13(9-12)15(20)18(3)11(2)10-16;/h5-7,9,11H,4,8,10,16H2,1-3H3,(H,17,19);1H. The molecule has 1 aromatic rings. The fraction of sp³-hybridized carbons (Fsp3) is 0.467. The van der Waals surface area contributed by atoms with Gasteiger partial charge in [-0.25, -0.2) is 0 Å². The van der Waals surface area contributed by atoms with Gasteiger partial charge >= 0.3 is 0 Å². The number of nitrogens with two attached hydrogens (primary N) is 1. The molecule has 0 spiro atoms. The monoisotopic (exact) mass is 313 g/mol. The van der Waals surface area contributed by atoms with E-state index in [-0.39, 0.29) is 30.3 Å². The van der Waals surface area contributed by atoms with Crippen LogP contribution in [0.25, 0.3) is 0 Å². The van der Waals surface area contributed by atoms with Crippen LogP contribution in [0.3, 0.4) is 0 Å². The van der Waals surface area contributed by atoms with E-state index < -0.39 is 0 Å². The molecule has 1 aromatic carbocycles. The zero-order chi connectivity index (χ0) is 15.1. The van der Waals surface area contributed by atoms with Crippen molar-refractivity contribution in [1.82, 2.24) is 10.2 Å². The molecule has 1 atom stereocenters. The highest BCUT2D eigenvalue weighted by molar-refractivity contribution is 5.99. The Bertz CT molecular complexity index is 480. The number of carbonyl (C=O) groups is 2. The first-order valence-electron chi connectivity index (χ1n) is 6.86. The van der Waals surface area contributed by atoms with E-state index in [2.05, 4.69) is 5.32 Å². The normalized spacial score (nSPS) is 11.2. The summed E-state index contributed by atoms with van der Waals surface area (Å²) in [7, 11) is 1.71. The number of rotatable bonds is 6. The van der Waals surface area contributed by atoms with E-state index in [1.54, 1.807) is 36.2 Å². The molecule has 1 rings (SSSR count). The van der Waals surface area contributed by atoms with Gasteiger partial charge in [0.1, 0.15) is 0 Å². The lowest BCUT2D eigenvalue weighted by molar-refractivity contribution is 0.0748. The second-order valence-corrected chi connectivity index (χ2v) is 4.84. The molecule has 0 saturated heterocycles. The maximum Gasteiger partial charge on any atom is 0.253 e. The average molecular weight is 314 g/mol. The number of nitrogens with one attached hydrogen (secondary N) is 1. The van der Waals surface area contributed by atoms with Gasteiger partial charge in [0.05, 0.1) is 0 Å². The third-order valence-electron chi connectivity index (χ3n) is 3.23. The van der Waals surface area contributed by atoms with Crippen LogP contribution in [0.2, 0.25) is 0 Å². The Morgan fingerprint density at radius 3 is 2.52 bits per heavy atom. The summed E-state index contributed by atoms with van der Waals surface area (Å²) in [5.74, 6) is -0.288. The van der Waals surface area contributed by atoms with Gasteiger partial charge in [-0.15, -0.1) is 12.4 Å². The fourth-order valence-electron chi connectivity index (χ4n) is 1.70. The van der Waals surface area contributed by atoms with Crippen molar-refractivity contribution in [3.8, 4) is 0 Å². The van der Waals surface area contributed by atoms with E-state index in [0.29, 0.717) is 24.2 Å². The lowest BCUT2D eigenvalue weighted by Crippen LogP contribution is -2.39. The molecule has 0 heterocycles. The lowest BCUT2D eigenvalue weighted by Gasteiger charge is -2.23. The summed E-state index contributed by atoms with van der Waals surface area (Å²) in [6, 6.07) is 6.70. The van der Waals surface area contributed by atoms with Gasteiger partial charge in [0.2, 0.25) is 0 Å². The van der Waals surface area contributed by atoms with Crippen LogP contribution in [-0.4, -0.2) is 42.9 Å². The Kier molecular flexibility index (Phi) is 8.66. The lowest BCUT2D eigenvalue weighted by atomic mass is 10.1. The molecule has 5 nitrogen and oxygen atoms in total. The van der Waals surface area contributed by atoms with Crippen LogP contribution >= 0.6 is 12.4 Å². The first-order valence-corrected chi connectivity index (χ1v) is 6.86. The summed E-state index contributed by atoms with van der Waals surface area (Å²) >= 11 is 0. The number of nitrogens with zero attached hydrogens (tertiary/aromatic N) is 1. The number of likely N-dealkylation sites (N-methyl/N-ethyl adjacent to an activating group) is 1. The van der Waals surface area contributed by atoms with E-state index in [1.807, 2.05) is 13.8 Å². The number of hydrogen-bond acceptors (Lipinski definition) is 3. The molecule has 0 radical (unpaired) electrons. The van der Waals surface area contributed by atoms with E-state index >= 15 is 0 Å². The van der Waals surface area contributed by atoms with Crippen molar-refractivity contribution < 1.29 is 9.59 Å². The average Bonchev–Trinajstić information content (AvgIpc) is 2.50. The van der Waals surface area contributed by atoms with Gasteiger partial charge in [-0.2, -0.15) is 0 Å². The third-order valence-corrected chi connectivity index (χ3v) is 3.23. The first kappa shape index (κ1) is 19.4. The highest BCUT2D eigenvalue weighted by Gasteiger charge is 2.17. The molecule has 0 aliphatic carbocycles. The molecular weight excluding hydrogens is 290 g/mol. The van der Waals surface area contributed by atoms with Gasteiger partial charge in [-0.3, -0.25) is 9.59 Å². The largest absolute Gasteiger partial charge is 0.352 e. The molecule has 2 amide bonds. The highest BCUT2D eigenvalue weighted by Crippen LogP contribution is 2.09. The van der Waals surface area contributed by atoms with Gasteiger partial charge in [0.15, 0.2) is 0 Å². The van der Waals surface area contributed by atoms with Crippen molar-refractivity contribution in [2.24, 2.45) is 5.73 Å². The highest BCUT2D eigenvalue weighted by atomic mass is 35.5. The summed E-state index contributed by atoms with van der Waals surface area (Å²) in [4.78, 5) is 25.7. The number of carbonyl (C=O) groups excluding carboxylic acids is 2. The zero-order valence-electron chi connectivity index (χ0n) is 12.8. The topological polar surface area (TPSA) is 75.4 Å². The molecule has 0 fully saturated rings. The smallest absolute Gasteiger partial charge is 0.253 e. The summed E-state index contributed by atoms with van der Waals surface area (Å²) in [5, 5.41) is 2.79. The van der Waals surface area contributed by atoms with Gasteiger partial charge in [0.25, 0.3) is 11.8 Å². The number of benzene rings is 1. The van der Waals surface area contributed by atoms with Crippen LogP contribution in [0.1, 0.15) is 41.0 Å². The molecule has 0 bridgehead atoms. The van der Waals surface area contributed by atoms with Crippen molar-refractivity contribution in [3.63, 3.8) is 0 Å². The van der Waals surface area contributed by atoms with E-state index in [1.165, 1.54) is 0 Å². The second kappa shape index (κ2) is 9.37. The predicted octanol–water partition coefficient (Wildman–Crippen LogP) is 1.67. The fourth-order valence-corrected chi connectivity index (χ4v) is 1.70. The number of amides is 2. The Morgan fingerprint density at radius 2 is 1.95 bits per heavy atom. The summed E-state index contributed by atoms with van der Waals surface area (Å²) in [5.41, 5.74) is 6.56. The molecule has 0 aromatic heterocycles. The maximum absolute atomic E-state index is 12.3. The maximum atomic E-state index is 12.3. The minimum absolute atomic E-state index is 0. The van der Waals surface area contributed by atoms with Crippen LogP contribution in [0.4, 0.5) is 0 Å². The molecular formula is C15H24ClN3O2. The van der Waals surface area contributed by atoms with Gasteiger partial charge in [0, 0.05) is 37.3 Å². The third kappa shape index (κ3) is 5.36. The Labute approximate surface area is 132 Å². The predicted molar refractivity (Wildman–Crippen MR) is 86.9 cm³/mol.